The molecule has 4 heteroatoms. The van der Waals surface area contributed by atoms with E-state index in [1.165, 1.54) is 6.92 Å². The zero-order valence-electron chi connectivity index (χ0n) is 10.4. The van der Waals surface area contributed by atoms with Crippen LogP contribution in [0, 0.1) is 11.3 Å². The third-order valence-corrected chi connectivity index (χ3v) is 3.40. The zero-order chi connectivity index (χ0) is 13.1. The van der Waals surface area contributed by atoms with Crippen molar-refractivity contribution in [3.05, 3.63) is 29.3 Å². The van der Waals surface area contributed by atoms with Crippen LogP contribution in [0.2, 0.25) is 0 Å². The normalized spacial score (nSPS) is 18.7. The zero-order valence-corrected chi connectivity index (χ0v) is 10.4. The molecule has 1 unspecified atom stereocenters. The fraction of sp³-hybridized carbons (Fsp3) is 0.429. The summed E-state index contributed by atoms with van der Waals surface area (Å²) in [6.45, 7) is 2.42. The van der Waals surface area contributed by atoms with Crippen molar-refractivity contribution in [2.75, 3.05) is 18.1 Å². The van der Waals surface area contributed by atoms with E-state index in [2.05, 4.69) is 6.07 Å². The summed E-state index contributed by atoms with van der Waals surface area (Å²) >= 11 is 0. The van der Waals surface area contributed by atoms with E-state index >= 15 is 0 Å². The molecule has 0 aromatic heterocycles. The van der Waals surface area contributed by atoms with Gasteiger partial charge in [0.05, 0.1) is 24.3 Å². The number of rotatable bonds is 3. The number of ketones is 1. The van der Waals surface area contributed by atoms with E-state index in [1.54, 1.807) is 18.2 Å². The maximum atomic E-state index is 11.6. The van der Waals surface area contributed by atoms with Gasteiger partial charge in [0.1, 0.15) is 0 Å². The Labute approximate surface area is 106 Å². The Kier molecular flexibility index (Phi) is 3.63. The van der Waals surface area contributed by atoms with E-state index in [4.69, 9.17) is 5.26 Å². The van der Waals surface area contributed by atoms with Crippen LogP contribution in [-0.4, -0.2) is 30.1 Å². The molecular weight excluding hydrogens is 228 g/mol. The van der Waals surface area contributed by atoms with Crippen molar-refractivity contribution in [3.63, 3.8) is 0 Å². The number of benzene rings is 1. The fourth-order valence-corrected chi connectivity index (χ4v) is 2.48. The van der Waals surface area contributed by atoms with Crippen LogP contribution >= 0.6 is 0 Å². The second-order valence-electron chi connectivity index (χ2n) is 4.57. The van der Waals surface area contributed by atoms with Crippen molar-refractivity contribution in [1.82, 2.24) is 0 Å². The summed E-state index contributed by atoms with van der Waals surface area (Å²) in [5, 5.41) is 18.3. The van der Waals surface area contributed by atoms with Crippen LogP contribution in [0.25, 0.3) is 0 Å². The van der Waals surface area contributed by atoms with Gasteiger partial charge in [-0.2, -0.15) is 5.26 Å². The van der Waals surface area contributed by atoms with E-state index in [0.29, 0.717) is 11.1 Å². The molecule has 1 saturated heterocycles. The van der Waals surface area contributed by atoms with Gasteiger partial charge in [-0.15, -0.1) is 0 Å². The molecule has 1 aromatic carbocycles. The Balaban J connectivity index is 2.47. The first-order chi connectivity index (χ1) is 8.67. The average Bonchev–Trinajstić information content (AvgIpc) is 2.85. The molecule has 1 aliphatic heterocycles. The summed E-state index contributed by atoms with van der Waals surface area (Å²) < 4.78 is 0. The number of anilines is 1. The molecule has 0 bridgehead atoms. The molecule has 94 valence electrons. The van der Waals surface area contributed by atoms with Crippen LogP contribution in [-0.2, 0) is 0 Å². The van der Waals surface area contributed by atoms with Gasteiger partial charge in [-0.05, 0) is 38.0 Å². The molecular formula is C14H16N2O2. The summed E-state index contributed by atoms with van der Waals surface area (Å²) in [5.74, 6) is -0.0157. The lowest BCUT2D eigenvalue weighted by Crippen LogP contribution is -2.33. The van der Waals surface area contributed by atoms with Gasteiger partial charge in [0.25, 0.3) is 0 Å². The maximum Gasteiger partial charge on any atom is 0.161 e. The number of hydrogen-bond acceptors (Lipinski definition) is 4. The van der Waals surface area contributed by atoms with Crippen LogP contribution in [0.4, 0.5) is 5.69 Å². The topological polar surface area (TPSA) is 64.3 Å². The number of aliphatic hydroxyl groups is 1. The molecule has 1 heterocycles. The van der Waals surface area contributed by atoms with E-state index in [9.17, 15) is 9.90 Å². The number of nitriles is 1. The Morgan fingerprint density at radius 3 is 3.00 bits per heavy atom. The number of Topliss-reactive ketones (excluding diaryl/α,β-unsaturated/α-hetero) is 1. The predicted octanol–water partition coefficient (Wildman–Crippen LogP) is 1.72. The van der Waals surface area contributed by atoms with Gasteiger partial charge in [-0.3, -0.25) is 4.79 Å². The lowest BCUT2D eigenvalue weighted by molar-refractivity contribution is 0.101. The monoisotopic (exact) mass is 244 g/mol. The summed E-state index contributed by atoms with van der Waals surface area (Å²) in [6, 6.07) is 7.24. The Morgan fingerprint density at radius 2 is 2.39 bits per heavy atom. The molecule has 0 aliphatic carbocycles. The highest BCUT2D eigenvalue weighted by atomic mass is 16.3. The second kappa shape index (κ2) is 5.19. The van der Waals surface area contributed by atoms with Crippen LogP contribution in [0.3, 0.4) is 0 Å². The van der Waals surface area contributed by atoms with Crippen molar-refractivity contribution in [3.8, 4) is 6.07 Å². The number of carbonyl (C=O) groups excluding carboxylic acids is 1. The van der Waals surface area contributed by atoms with Crippen molar-refractivity contribution in [2.45, 2.75) is 25.8 Å². The number of carbonyl (C=O) groups is 1. The molecule has 1 atom stereocenters. The minimum absolute atomic E-state index is 0.0157. The van der Waals surface area contributed by atoms with Crippen molar-refractivity contribution < 1.29 is 9.90 Å². The predicted molar refractivity (Wildman–Crippen MR) is 68.6 cm³/mol. The third-order valence-electron chi connectivity index (χ3n) is 3.40. The highest BCUT2D eigenvalue weighted by Gasteiger charge is 2.26. The van der Waals surface area contributed by atoms with E-state index in [-0.39, 0.29) is 18.4 Å². The quantitative estimate of drug-likeness (QED) is 0.822. The van der Waals surface area contributed by atoms with Gasteiger partial charge in [0.15, 0.2) is 5.78 Å². The third kappa shape index (κ3) is 2.22. The molecule has 1 aromatic rings. The van der Waals surface area contributed by atoms with Crippen LogP contribution in [0.1, 0.15) is 35.7 Å². The van der Waals surface area contributed by atoms with Gasteiger partial charge in [0, 0.05) is 17.8 Å². The van der Waals surface area contributed by atoms with Crippen molar-refractivity contribution >= 4 is 11.5 Å². The largest absolute Gasteiger partial charge is 0.394 e. The average molecular weight is 244 g/mol. The van der Waals surface area contributed by atoms with Crippen LogP contribution < -0.4 is 4.90 Å². The van der Waals surface area contributed by atoms with Crippen LogP contribution in [0.5, 0.6) is 0 Å². The minimum Gasteiger partial charge on any atom is -0.394 e. The first-order valence-electron chi connectivity index (χ1n) is 6.10. The van der Waals surface area contributed by atoms with Gasteiger partial charge in [-0.25, -0.2) is 0 Å². The molecule has 18 heavy (non-hydrogen) atoms. The van der Waals surface area contributed by atoms with Gasteiger partial charge in [0.2, 0.25) is 0 Å². The Bertz CT molecular complexity index is 505. The Morgan fingerprint density at radius 1 is 1.61 bits per heavy atom. The smallest absolute Gasteiger partial charge is 0.161 e. The molecule has 0 spiro atoms. The summed E-state index contributed by atoms with van der Waals surface area (Å²) in [6.07, 6.45) is 1.92. The standard InChI is InChI=1S/C14H16N2O2/c1-10(18)13-5-4-11(8-15)7-14(13)16-6-2-3-12(16)9-17/h4-5,7,12,17H,2-3,6,9H2,1H3. The first kappa shape index (κ1) is 12.6. The molecule has 0 radical (unpaired) electrons. The molecule has 4 nitrogen and oxygen atoms in total. The fourth-order valence-electron chi connectivity index (χ4n) is 2.48. The highest BCUT2D eigenvalue weighted by Crippen LogP contribution is 2.29. The number of nitrogens with zero attached hydrogens (tertiary/aromatic N) is 2. The van der Waals surface area contributed by atoms with Crippen LogP contribution in [0.15, 0.2) is 18.2 Å². The molecule has 1 N–H and O–H groups in total. The van der Waals surface area contributed by atoms with E-state index in [0.717, 1.165) is 25.1 Å². The lowest BCUT2D eigenvalue weighted by Gasteiger charge is -2.27. The molecule has 2 rings (SSSR count). The van der Waals surface area contributed by atoms with Crippen molar-refractivity contribution in [1.29, 1.82) is 5.26 Å². The van der Waals surface area contributed by atoms with E-state index in [1.807, 2.05) is 4.90 Å². The lowest BCUT2D eigenvalue weighted by atomic mass is 10.0. The highest BCUT2D eigenvalue weighted by molar-refractivity contribution is 6.00. The first-order valence-corrected chi connectivity index (χ1v) is 6.10. The van der Waals surface area contributed by atoms with Gasteiger partial charge in [-0.1, -0.05) is 0 Å². The molecule has 1 fully saturated rings. The Hall–Kier alpha value is -1.86. The number of aliphatic hydroxyl groups excluding tert-OH is 1. The molecule has 0 saturated carbocycles. The maximum absolute atomic E-state index is 11.6. The summed E-state index contributed by atoms with van der Waals surface area (Å²) in [5.41, 5.74) is 1.94. The summed E-state index contributed by atoms with van der Waals surface area (Å²) in [7, 11) is 0. The van der Waals surface area contributed by atoms with E-state index < -0.39 is 0 Å². The number of hydrogen-bond donors (Lipinski definition) is 1. The van der Waals surface area contributed by atoms with Gasteiger partial charge >= 0.3 is 0 Å². The molecule has 1 aliphatic rings. The van der Waals surface area contributed by atoms with Gasteiger partial charge < -0.3 is 10.0 Å². The second-order valence-corrected chi connectivity index (χ2v) is 4.57. The SMILES string of the molecule is CC(=O)c1ccc(C#N)cc1N1CCCC1CO. The molecule has 0 amide bonds. The van der Waals surface area contributed by atoms with Crippen molar-refractivity contribution in [2.24, 2.45) is 0 Å². The minimum atomic E-state index is -0.0157. The summed E-state index contributed by atoms with van der Waals surface area (Å²) in [4.78, 5) is 13.7.